The largest absolute Gasteiger partial charge is 0.384 e. The van der Waals surface area contributed by atoms with Gasteiger partial charge < -0.3 is 5.73 Å². The van der Waals surface area contributed by atoms with Crippen LogP contribution in [-0.2, 0) is 0 Å². The van der Waals surface area contributed by atoms with Crippen molar-refractivity contribution in [2.24, 2.45) is 10.8 Å². The van der Waals surface area contributed by atoms with Crippen molar-refractivity contribution in [3.8, 4) is 6.07 Å². The fourth-order valence-electron chi connectivity index (χ4n) is 2.12. The lowest BCUT2D eigenvalue weighted by Gasteiger charge is -2.05. The third kappa shape index (κ3) is 3.04. The highest BCUT2D eigenvalue weighted by Gasteiger charge is 2.07. The molecule has 0 aliphatic carbocycles. The number of para-hydroxylation sites is 3. The molecule has 6 heteroatoms. The minimum Gasteiger partial charge on any atom is -0.384 e. The molecular weight excluding hydrogens is 288 g/mol. The number of nitrogens with zero attached hydrogens (tertiary/aromatic N) is 4. The third-order valence-corrected chi connectivity index (χ3v) is 3.27. The minimum absolute atomic E-state index is 0.247. The summed E-state index contributed by atoms with van der Waals surface area (Å²) in [4.78, 5) is 4.26. The molecule has 1 aromatic heterocycles. The molecule has 0 unspecified atom stereocenters. The van der Waals surface area contributed by atoms with Crippen molar-refractivity contribution in [1.29, 1.82) is 5.26 Å². The Kier molecular flexibility index (Phi) is 4.03. The average molecular weight is 302 g/mol. The fourth-order valence-corrected chi connectivity index (χ4v) is 2.12. The second kappa shape index (κ2) is 6.45. The van der Waals surface area contributed by atoms with Crippen LogP contribution in [0.5, 0.6) is 0 Å². The Bertz CT molecular complexity index is 915. The number of hydrazone groups is 1. The molecular formula is C17H14N6. The Hall–Kier alpha value is -3.59. The lowest BCUT2D eigenvalue weighted by atomic mass is 10.3. The molecule has 0 bridgehead atoms. The molecule has 3 rings (SSSR count). The van der Waals surface area contributed by atoms with Crippen molar-refractivity contribution in [1.82, 2.24) is 9.55 Å². The zero-order valence-electron chi connectivity index (χ0n) is 12.2. The molecule has 0 amide bonds. The highest BCUT2D eigenvalue weighted by molar-refractivity contribution is 5.93. The summed E-state index contributed by atoms with van der Waals surface area (Å²) in [5.74, 6) is 0.278. The van der Waals surface area contributed by atoms with Crippen molar-refractivity contribution >= 4 is 28.8 Å². The van der Waals surface area contributed by atoms with Crippen LogP contribution in [0.15, 0.2) is 71.6 Å². The van der Waals surface area contributed by atoms with Gasteiger partial charge in [0, 0.05) is 0 Å². The molecule has 0 aliphatic rings. The van der Waals surface area contributed by atoms with Crippen molar-refractivity contribution in [3.63, 3.8) is 0 Å². The Balaban J connectivity index is 1.89. The molecule has 0 saturated heterocycles. The number of rotatable bonds is 4. The molecule has 0 fully saturated rings. The summed E-state index contributed by atoms with van der Waals surface area (Å²) in [6.45, 7) is 0. The van der Waals surface area contributed by atoms with Gasteiger partial charge in [0.25, 0.3) is 0 Å². The molecule has 112 valence electrons. The first kappa shape index (κ1) is 14.4. The summed E-state index contributed by atoms with van der Waals surface area (Å²) in [6.07, 6.45) is 2.99. The molecule has 3 aromatic rings. The zero-order chi connectivity index (χ0) is 16.1. The van der Waals surface area contributed by atoms with Crippen LogP contribution in [0.25, 0.3) is 16.9 Å². The highest BCUT2D eigenvalue weighted by atomic mass is 15.3. The Labute approximate surface area is 133 Å². The van der Waals surface area contributed by atoms with E-state index in [0.29, 0.717) is 0 Å². The first-order valence-electron chi connectivity index (χ1n) is 6.96. The number of hydrogen-bond donors (Lipinski definition) is 2. The maximum atomic E-state index is 9.32. The van der Waals surface area contributed by atoms with Gasteiger partial charge in [-0.05, 0) is 24.3 Å². The quantitative estimate of drug-likeness (QED) is 0.440. The average Bonchev–Trinajstić information content (AvgIpc) is 3.03. The van der Waals surface area contributed by atoms with Crippen LogP contribution in [0, 0.1) is 11.3 Å². The number of nitrogens with one attached hydrogen (secondary N) is 1. The standard InChI is InChI=1S/C17H14N6/c18-10-13(11-21-22-14-6-2-1-3-7-14)17(19)23-12-20-15-8-4-5-9-16(15)23/h1-9,11-12,22H,19H2/b17-13+,21-11+. The Morgan fingerprint density at radius 1 is 1.17 bits per heavy atom. The number of nitrogens with two attached hydrogens (primary N) is 1. The van der Waals surface area contributed by atoms with Gasteiger partial charge in [0.15, 0.2) is 0 Å². The van der Waals surface area contributed by atoms with Crippen LogP contribution in [-0.4, -0.2) is 15.8 Å². The minimum atomic E-state index is 0.247. The second-order valence-electron chi connectivity index (χ2n) is 4.75. The lowest BCUT2D eigenvalue weighted by molar-refractivity contribution is 1.09. The van der Waals surface area contributed by atoms with E-state index < -0.39 is 0 Å². The van der Waals surface area contributed by atoms with Gasteiger partial charge in [-0.25, -0.2) is 4.98 Å². The first-order chi connectivity index (χ1) is 11.3. The summed E-state index contributed by atoms with van der Waals surface area (Å²) in [5, 5.41) is 13.4. The van der Waals surface area contributed by atoms with Gasteiger partial charge in [0.05, 0.1) is 22.9 Å². The maximum absolute atomic E-state index is 9.32. The molecule has 0 saturated carbocycles. The van der Waals surface area contributed by atoms with E-state index in [9.17, 15) is 5.26 Å². The van der Waals surface area contributed by atoms with E-state index >= 15 is 0 Å². The highest BCUT2D eigenvalue weighted by Crippen LogP contribution is 2.15. The SMILES string of the molecule is N#CC(/C=N/Nc1ccccc1)=C(/N)n1cnc2ccccc21. The fraction of sp³-hybridized carbons (Fsp3) is 0. The molecule has 0 aliphatic heterocycles. The van der Waals surface area contributed by atoms with Crippen molar-refractivity contribution in [2.45, 2.75) is 0 Å². The second-order valence-corrected chi connectivity index (χ2v) is 4.75. The lowest BCUT2D eigenvalue weighted by Crippen LogP contribution is -2.09. The summed E-state index contributed by atoms with van der Waals surface area (Å²) in [6, 6.07) is 19.1. The van der Waals surface area contributed by atoms with Crippen LogP contribution < -0.4 is 11.2 Å². The predicted octanol–water partition coefficient (Wildman–Crippen LogP) is 2.79. The molecule has 1 heterocycles. The summed E-state index contributed by atoms with van der Waals surface area (Å²) >= 11 is 0. The summed E-state index contributed by atoms with van der Waals surface area (Å²) < 4.78 is 1.67. The normalized spacial score (nSPS) is 12.1. The number of imidazole rings is 1. The van der Waals surface area contributed by atoms with Gasteiger partial charge in [0.1, 0.15) is 23.8 Å². The van der Waals surface area contributed by atoms with E-state index in [0.717, 1.165) is 16.7 Å². The van der Waals surface area contributed by atoms with E-state index in [-0.39, 0.29) is 11.4 Å². The van der Waals surface area contributed by atoms with E-state index in [2.05, 4.69) is 21.6 Å². The van der Waals surface area contributed by atoms with Crippen molar-refractivity contribution < 1.29 is 0 Å². The molecule has 6 nitrogen and oxygen atoms in total. The maximum Gasteiger partial charge on any atom is 0.129 e. The number of fused-ring (bicyclic) bond motifs is 1. The Morgan fingerprint density at radius 3 is 2.70 bits per heavy atom. The zero-order valence-corrected chi connectivity index (χ0v) is 12.2. The van der Waals surface area contributed by atoms with Crippen LogP contribution in [0.2, 0.25) is 0 Å². The van der Waals surface area contributed by atoms with Gasteiger partial charge in [0.2, 0.25) is 0 Å². The van der Waals surface area contributed by atoms with Crippen molar-refractivity contribution in [2.75, 3.05) is 5.43 Å². The van der Waals surface area contributed by atoms with Crippen LogP contribution in [0.1, 0.15) is 0 Å². The molecule has 2 aromatic carbocycles. The number of allylic oxidation sites excluding steroid dienone is 1. The molecule has 23 heavy (non-hydrogen) atoms. The van der Waals surface area contributed by atoms with Gasteiger partial charge in [-0.15, -0.1) is 0 Å². The smallest absolute Gasteiger partial charge is 0.129 e. The number of hydrogen-bond acceptors (Lipinski definition) is 5. The van der Waals surface area contributed by atoms with E-state index in [1.54, 1.807) is 10.9 Å². The van der Waals surface area contributed by atoms with Gasteiger partial charge in [-0.1, -0.05) is 30.3 Å². The number of nitriles is 1. The monoisotopic (exact) mass is 302 g/mol. The van der Waals surface area contributed by atoms with Crippen LogP contribution >= 0.6 is 0 Å². The summed E-state index contributed by atoms with van der Waals surface area (Å²) in [5.41, 5.74) is 11.7. The topological polar surface area (TPSA) is 92.0 Å². The molecule has 0 radical (unpaired) electrons. The number of anilines is 1. The van der Waals surface area contributed by atoms with Gasteiger partial charge in [-0.2, -0.15) is 10.4 Å². The van der Waals surface area contributed by atoms with E-state index in [4.69, 9.17) is 5.73 Å². The molecule has 3 N–H and O–H groups in total. The predicted molar refractivity (Wildman–Crippen MR) is 91.3 cm³/mol. The third-order valence-electron chi connectivity index (χ3n) is 3.27. The van der Waals surface area contributed by atoms with E-state index in [1.807, 2.05) is 54.6 Å². The Morgan fingerprint density at radius 2 is 1.91 bits per heavy atom. The van der Waals surface area contributed by atoms with Crippen LogP contribution in [0.3, 0.4) is 0 Å². The van der Waals surface area contributed by atoms with E-state index in [1.165, 1.54) is 6.21 Å². The van der Waals surface area contributed by atoms with Crippen molar-refractivity contribution in [3.05, 3.63) is 66.5 Å². The van der Waals surface area contributed by atoms with Gasteiger partial charge >= 0.3 is 0 Å². The molecule has 0 spiro atoms. The van der Waals surface area contributed by atoms with Crippen LogP contribution in [0.4, 0.5) is 5.69 Å². The first-order valence-corrected chi connectivity index (χ1v) is 6.96. The van der Waals surface area contributed by atoms with Gasteiger partial charge in [-0.3, -0.25) is 9.99 Å². The molecule has 0 atom stereocenters. The number of aromatic nitrogens is 2. The number of benzene rings is 2. The summed E-state index contributed by atoms with van der Waals surface area (Å²) in [7, 11) is 0.